The molecule has 1 aromatic rings. The van der Waals surface area contributed by atoms with E-state index in [1.807, 2.05) is 38.1 Å². The fraction of sp³-hybridized carbons (Fsp3) is 0.250. The van der Waals surface area contributed by atoms with Gasteiger partial charge in [0.2, 0.25) is 0 Å². The molecule has 0 aliphatic carbocycles. The van der Waals surface area contributed by atoms with Gasteiger partial charge in [-0.1, -0.05) is 35.9 Å². The molecule has 0 radical (unpaired) electrons. The number of rotatable bonds is 3. The largest absolute Gasteiger partial charge is 0.456 e. The molecule has 3 rings (SSSR count). The normalized spacial score (nSPS) is 21.9. The second-order valence-corrected chi connectivity index (χ2v) is 5.93. The van der Waals surface area contributed by atoms with Crippen LogP contribution in [0.5, 0.6) is 0 Å². The van der Waals surface area contributed by atoms with Gasteiger partial charge in [0.25, 0.3) is 5.91 Å². The molecule has 1 saturated heterocycles. The quantitative estimate of drug-likeness (QED) is 0.489. The lowest BCUT2D eigenvalue weighted by molar-refractivity contribution is -0.146. The van der Waals surface area contributed by atoms with E-state index in [9.17, 15) is 9.59 Å². The zero-order valence-corrected chi connectivity index (χ0v) is 12.6. The van der Waals surface area contributed by atoms with Gasteiger partial charge in [-0.3, -0.25) is 9.69 Å². The Morgan fingerprint density at radius 1 is 1.38 bits per heavy atom. The zero-order chi connectivity index (χ0) is 15.0. The minimum absolute atomic E-state index is 0.0515. The molecule has 0 N–H and O–H groups in total. The fourth-order valence-electron chi connectivity index (χ4n) is 2.30. The first-order chi connectivity index (χ1) is 10.1. The van der Waals surface area contributed by atoms with Crippen LogP contribution >= 0.6 is 11.8 Å². The smallest absolute Gasteiger partial charge is 0.355 e. The average Bonchev–Trinajstić information content (AvgIpc) is 2.87. The first kappa shape index (κ1) is 13.9. The highest BCUT2D eigenvalue weighted by Crippen LogP contribution is 2.44. The number of nitrogens with zero attached hydrogens (tertiary/aromatic N) is 1. The number of hydrogen-bond donors (Lipinski definition) is 0. The monoisotopic (exact) mass is 301 g/mol. The summed E-state index contributed by atoms with van der Waals surface area (Å²) in [5.74, 6) is -0.555. The zero-order valence-electron chi connectivity index (χ0n) is 11.8. The van der Waals surface area contributed by atoms with Gasteiger partial charge in [-0.25, -0.2) is 4.79 Å². The van der Waals surface area contributed by atoms with Gasteiger partial charge in [0, 0.05) is 11.0 Å². The lowest BCUT2D eigenvalue weighted by Gasteiger charge is -2.37. The summed E-state index contributed by atoms with van der Waals surface area (Å²) in [7, 11) is 0. The van der Waals surface area contributed by atoms with E-state index < -0.39 is 5.97 Å². The predicted molar refractivity (Wildman–Crippen MR) is 81.0 cm³/mol. The summed E-state index contributed by atoms with van der Waals surface area (Å²) >= 11 is 1.46. The van der Waals surface area contributed by atoms with Crippen LogP contribution in [-0.2, 0) is 20.9 Å². The summed E-state index contributed by atoms with van der Waals surface area (Å²) in [6.07, 6.45) is 1.80. The second-order valence-electron chi connectivity index (χ2n) is 4.97. The van der Waals surface area contributed by atoms with Crippen molar-refractivity contribution in [2.45, 2.75) is 25.8 Å². The lowest BCUT2D eigenvalue weighted by atomic mass is 10.1. The number of fused-ring (bicyclic) bond motifs is 1. The number of carbonyl (C=O) groups excluding carboxylic acids is 2. The van der Waals surface area contributed by atoms with Crippen LogP contribution in [0.2, 0.25) is 0 Å². The molecule has 5 heteroatoms. The summed E-state index contributed by atoms with van der Waals surface area (Å²) in [5, 5.41) is 1.65. The Hall–Kier alpha value is -2.01. The van der Waals surface area contributed by atoms with Gasteiger partial charge in [0.1, 0.15) is 17.7 Å². The number of carbonyl (C=O) groups is 2. The van der Waals surface area contributed by atoms with E-state index in [4.69, 9.17) is 4.74 Å². The van der Waals surface area contributed by atoms with Gasteiger partial charge in [0.15, 0.2) is 0 Å². The van der Waals surface area contributed by atoms with Crippen LogP contribution in [0.25, 0.3) is 0 Å². The van der Waals surface area contributed by atoms with E-state index >= 15 is 0 Å². The summed E-state index contributed by atoms with van der Waals surface area (Å²) in [4.78, 5) is 25.5. The van der Waals surface area contributed by atoms with Gasteiger partial charge in [-0.2, -0.15) is 0 Å². The van der Waals surface area contributed by atoms with Crippen LogP contribution in [0, 0.1) is 6.92 Å². The summed E-state index contributed by atoms with van der Waals surface area (Å²) in [6, 6.07) is 7.80. The Morgan fingerprint density at radius 2 is 2.10 bits per heavy atom. The summed E-state index contributed by atoms with van der Waals surface area (Å²) in [5.41, 5.74) is 3.18. The average molecular weight is 301 g/mol. The first-order valence-corrected chi connectivity index (χ1v) is 7.64. The highest BCUT2D eigenvalue weighted by Gasteiger charge is 2.49. The van der Waals surface area contributed by atoms with Crippen molar-refractivity contribution >= 4 is 23.6 Å². The second kappa shape index (κ2) is 5.41. The fourth-order valence-corrected chi connectivity index (χ4v) is 3.48. The van der Waals surface area contributed by atoms with Crippen LogP contribution in [0.4, 0.5) is 0 Å². The molecular weight excluding hydrogens is 286 g/mol. The number of hydrogen-bond acceptors (Lipinski definition) is 4. The third-order valence-corrected chi connectivity index (χ3v) is 4.63. The van der Waals surface area contributed by atoms with Crippen molar-refractivity contribution in [3.63, 3.8) is 0 Å². The SMILES string of the molecule is C/C=C1\C(=O)N2C(C(=O)OCc3ccc(C)cc3)=CS[C@H]12. The van der Waals surface area contributed by atoms with Crippen molar-refractivity contribution in [3.8, 4) is 0 Å². The third kappa shape index (κ3) is 2.38. The molecule has 4 nitrogen and oxygen atoms in total. The first-order valence-electron chi connectivity index (χ1n) is 6.70. The molecule has 0 aromatic heterocycles. The molecule has 0 unspecified atom stereocenters. The van der Waals surface area contributed by atoms with E-state index in [0.717, 1.165) is 16.7 Å². The predicted octanol–water partition coefficient (Wildman–Crippen LogP) is 2.74. The van der Waals surface area contributed by atoms with Gasteiger partial charge in [-0.05, 0) is 19.4 Å². The van der Waals surface area contributed by atoms with Crippen molar-refractivity contribution in [2.24, 2.45) is 0 Å². The number of allylic oxidation sites excluding steroid dienone is 1. The van der Waals surface area contributed by atoms with Gasteiger partial charge >= 0.3 is 5.97 Å². The molecule has 2 aliphatic rings. The molecule has 1 amide bonds. The van der Waals surface area contributed by atoms with E-state index in [-0.39, 0.29) is 17.9 Å². The molecule has 1 aromatic carbocycles. The maximum atomic E-state index is 12.1. The highest BCUT2D eigenvalue weighted by molar-refractivity contribution is 8.03. The van der Waals surface area contributed by atoms with Crippen molar-refractivity contribution in [1.29, 1.82) is 0 Å². The Kier molecular flexibility index (Phi) is 3.59. The summed E-state index contributed by atoms with van der Waals surface area (Å²) in [6.45, 7) is 4.05. The molecular formula is C16H15NO3S. The van der Waals surface area contributed by atoms with Crippen molar-refractivity contribution < 1.29 is 14.3 Å². The van der Waals surface area contributed by atoms with E-state index in [2.05, 4.69) is 0 Å². The van der Waals surface area contributed by atoms with Gasteiger partial charge in [0.05, 0.1) is 0 Å². The Labute approximate surface area is 127 Å². The number of aryl methyl sites for hydroxylation is 1. The number of β-lactam (4-membered cyclic amide) rings is 1. The maximum absolute atomic E-state index is 12.1. The van der Waals surface area contributed by atoms with Crippen LogP contribution < -0.4 is 0 Å². The number of benzene rings is 1. The van der Waals surface area contributed by atoms with E-state index in [0.29, 0.717) is 5.70 Å². The van der Waals surface area contributed by atoms with Crippen LogP contribution in [0.3, 0.4) is 0 Å². The van der Waals surface area contributed by atoms with Crippen molar-refractivity contribution in [2.75, 3.05) is 0 Å². The number of esters is 1. The molecule has 0 bridgehead atoms. The number of thioether (sulfide) groups is 1. The van der Waals surface area contributed by atoms with E-state index in [1.165, 1.54) is 16.7 Å². The van der Waals surface area contributed by atoms with Gasteiger partial charge < -0.3 is 4.74 Å². The summed E-state index contributed by atoms with van der Waals surface area (Å²) < 4.78 is 5.29. The lowest BCUT2D eigenvalue weighted by Crippen LogP contribution is -2.51. The highest BCUT2D eigenvalue weighted by atomic mass is 32.2. The molecule has 108 valence electrons. The van der Waals surface area contributed by atoms with Crippen LogP contribution in [-0.4, -0.2) is 22.2 Å². The number of amides is 1. The topological polar surface area (TPSA) is 46.6 Å². The van der Waals surface area contributed by atoms with Crippen molar-refractivity contribution in [3.05, 3.63) is 58.1 Å². The van der Waals surface area contributed by atoms with Crippen LogP contribution in [0.15, 0.2) is 47.0 Å². The number of ether oxygens (including phenoxy) is 1. The minimum Gasteiger partial charge on any atom is -0.456 e. The van der Waals surface area contributed by atoms with E-state index in [1.54, 1.807) is 11.5 Å². The Bertz CT molecular complexity index is 661. The minimum atomic E-state index is -0.450. The van der Waals surface area contributed by atoms with Gasteiger partial charge in [-0.15, -0.1) is 11.8 Å². The molecule has 1 atom stereocenters. The molecule has 2 aliphatic heterocycles. The standard InChI is InChI=1S/C16H15NO3S/c1-3-12-14(18)17-13(9-21-15(12)17)16(19)20-8-11-6-4-10(2)5-7-11/h3-7,9,15H,8H2,1-2H3/b12-3+/t15-/m1/s1. The molecule has 0 spiro atoms. The third-order valence-electron chi connectivity index (χ3n) is 3.55. The van der Waals surface area contributed by atoms with Crippen LogP contribution in [0.1, 0.15) is 18.1 Å². The maximum Gasteiger partial charge on any atom is 0.355 e. The Balaban J connectivity index is 1.62. The molecule has 0 saturated carbocycles. The molecule has 21 heavy (non-hydrogen) atoms. The van der Waals surface area contributed by atoms with Crippen molar-refractivity contribution in [1.82, 2.24) is 4.90 Å². The molecule has 2 heterocycles. The Morgan fingerprint density at radius 3 is 2.76 bits per heavy atom. The molecule has 1 fully saturated rings.